The van der Waals surface area contributed by atoms with Gasteiger partial charge in [0.05, 0.1) is 5.52 Å². The standard InChI is InChI=1S/C16H22N2/c1-11-5-6-13-9-12(7-8-15(13)18-11)14(17)10-16(2,3)4/h5-9,14H,10,17H2,1-4H3. The number of hydrogen-bond donors (Lipinski definition) is 1. The highest BCUT2D eigenvalue weighted by atomic mass is 14.7. The van der Waals surface area contributed by atoms with Gasteiger partial charge in [0.1, 0.15) is 0 Å². The average Bonchev–Trinajstić information content (AvgIpc) is 2.26. The minimum atomic E-state index is 0.0932. The zero-order valence-corrected chi connectivity index (χ0v) is 11.7. The van der Waals surface area contributed by atoms with Crippen LogP contribution in [0.25, 0.3) is 10.9 Å². The van der Waals surface area contributed by atoms with Gasteiger partial charge in [-0.1, -0.05) is 32.9 Å². The molecule has 1 unspecified atom stereocenters. The largest absolute Gasteiger partial charge is 0.324 e. The van der Waals surface area contributed by atoms with Gasteiger partial charge < -0.3 is 5.73 Å². The lowest BCUT2D eigenvalue weighted by Crippen LogP contribution is -2.18. The van der Waals surface area contributed by atoms with E-state index >= 15 is 0 Å². The van der Waals surface area contributed by atoms with E-state index in [1.165, 1.54) is 10.9 Å². The number of nitrogens with two attached hydrogens (primary N) is 1. The smallest absolute Gasteiger partial charge is 0.0705 e. The second kappa shape index (κ2) is 4.69. The summed E-state index contributed by atoms with van der Waals surface area (Å²) in [6.07, 6.45) is 0.984. The summed E-state index contributed by atoms with van der Waals surface area (Å²) in [6, 6.07) is 10.6. The molecule has 0 saturated heterocycles. The number of aromatic nitrogens is 1. The normalized spacial score (nSPS) is 13.8. The van der Waals surface area contributed by atoms with Crippen molar-refractivity contribution >= 4 is 10.9 Å². The predicted octanol–water partition coefficient (Wildman–Crippen LogP) is 3.98. The van der Waals surface area contributed by atoms with E-state index in [0.717, 1.165) is 17.6 Å². The molecule has 0 aliphatic heterocycles. The van der Waals surface area contributed by atoms with Crippen molar-refractivity contribution in [2.24, 2.45) is 11.1 Å². The quantitative estimate of drug-likeness (QED) is 0.865. The summed E-state index contributed by atoms with van der Waals surface area (Å²) in [5.41, 5.74) is 9.82. The van der Waals surface area contributed by atoms with Crippen molar-refractivity contribution < 1.29 is 0 Å². The maximum atomic E-state index is 6.28. The molecule has 2 N–H and O–H groups in total. The molecule has 1 aromatic heterocycles. The molecule has 0 amide bonds. The fourth-order valence-electron chi connectivity index (χ4n) is 2.25. The van der Waals surface area contributed by atoms with E-state index in [1.54, 1.807) is 0 Å². The molecule has 0 saturated carbocycles. The molecular weight excluding hydrogens is 220 g/mol. The molecule has 0 aliphatic carbocycles. The Morgan fingerprint density at radius 3 is 2.56 bits per heavy atom. The predicted molar refractivity (Wildman–Crippen MR) is 77.5 cm³/mol. The molecule has 1 heterocycles. The van der Waals surface area contributed by atoms with E-state index in [1.807, 2.05) is 13.0 Å². The summed E-state index contributed by atoms with van der Waals surface area (Å²) < 4.78 is 0. The molecule has 18 heavy (non-hydrogen) atoms. The minimum absolute atomic E-state index is 0.0932. The number of hydrogen-bond acceptors (Lipinski definition) is 2. The molecule has 2 rings (SSSR count). The van der Waals surface area contributed by atoms with Gasteiger partial charge >= 0.3 is 0 Å². The second-order valence-corrected chi connectivity index (χ2v) is 6.28. The third kappa shape index (κ3) is 3.08. The van der Waals surface area contributed by atoms with Crippen LogP contribution in [-0.2, 0) is 0 Å². The van der Waals surface area contributed by atoms with E-state index in [2.05, 4.69) is 50.0 Å². The Morgan fingerprint density at radius 2 is 1.89 bits per heavy atom. The Labute approximate surface area is 109 Å². The minimum Gasteiger partial charge on any atom is -0.324 e. The molecule has 1 aromatic carbocycles. The van der Waals surface area contributed by atoms with Crippen LogP contribution in [0.4, 0.5) is 0 Å². The van der Waals surface area contributed by atoms with Crippen molar-refractivity contribution in [3.8, 4) is 0 Å². The molecule has 2 heteroatoms. The fraction of sp³-hybridized carbons (Fsp3) is 0.438. The molecule has 0 aliphatic rings. The summed E-state index contributed by atoms with van der Waals surface area (Å²) in [7, 11) is 0. The summed E-state index contributed by atoms with van der Waals surface area (Å²) in [5.74, 6) is 0. The first kappa shape index (κ1) is 13.0. The Kier molecular flexibility index (Phi) is 3.40. The summed E-state index contributed by atoms with van der Waals surface area (Å²) >= 11 is 0. The number of benzene rings is 1. The first-order valence-electron chi connectivity index (χ1n) is 6.48. The van der Waals surface area contributed by atoms with Crippen LogP contribution in [0.2, 0.25) is 0 Å². The van der Waals surface area contributed by atoms with Crippen LogP contribution in [0.3, 0.4) is 0 Å². The highest BCUT2D eigenvalue weighted by molar-refractivity contribution is 5.79. The van der Waals surface area contributed by atoms with Gasteiger partial charge in [-0.15, -0.1) is 0 Å². The number of nitrogens with zero attached hydrogens (tertiary/aromatic N) is 1. The van der Waals surface area contributed by atoms with Gasteiger partial charge in [0.25, 0.3) is 0 Å². The van der Waals surface area contributed by atoms with Gasteiger partial charge in [0.15, 0.2) is 0 Å². The Morgan fingerprint density at radius 1 is 1.17 bits per heavy atom. The molecule has 0 radical (unpaired) electrons. The van der Waals surface area contributed by atoms with Crippen LogP contribution in [-0.4, -0.2) is 4.98 Å². The molecule has 96 valence electrons. The van der Waals surface area contributed by atoms with Crippen molar-refractivity contribution in [3.05, 3.63) is 41.6 Å². The maximum Gasteiger partial charge on any atom is 0.0705 e. The third-order valence-electron chi connectivity index (χ3n) is 3.11. The Hall–Kier alpha value is -1.41. The van der Waals surface area contributed by atoms with E-state index in [4.69, 9.17) is 5.73 Å². The van der Waals surface area contributed by atoms with Crippen molar-refractivity contribution in [2.45, 2.75) is 40.2 Å². The molecule has 0 spiro atoms. The zero-order chi connectivity index (χ0) is 13.3. The fourth-order valence-corrected chi connectivity index (χ4v) is 2.25. The Balaban J connectivity index is 2.32. The topological polar surface area (TPSA) is 38.9 Å². The lowest BCUT2D eigenvalue weighted by molar-refractivity contribution is 0.343. The summed E-state index contributed by atoms with van der Waals surface area (Å²) in [6.45, 7) is 8.68. The molecule has 0 fully saturated rings. The van der Waals surface area contributed by atoms with Crippen LogP contribution >= 0.6 is 0 Å². The van der Waals surface area contributed by atoms with Crippen molar-refractivity contribution in [1.82, 2.24) is 4.98 Å². The van der Waals surface area contributed by atoms with Crippen LogP contribution in [0, 0.1) is 12.3 Å². The molecule has 1 atom stereocenters. The van der Waals surface area contributed by atoms with Gasteiger partial charge in [-0.05, 0) is 42.5 Å². The van der Waals surface area contributed by atoms with Crippen LogP contribution in [0.1, 0.15) is 44.5 Å². The molecule has 0 bridgehead atoms. The van der Waals surface area contributed by atoms with Crippen molar-refractivity contribution in [3.63, 3.8) is 0 Å². The lowest BCUT2D eigenvalue weighted by atomic mass is 9.85. The first-order chi connectivity index (χ1) is 8.35. The van der Waals surface area contributed by atoms with Gasteiger partial charge in [0, 0.05) is 17.1 Å². The number of aryl methyl sites for hydroxylation is 1. The SMILES string of the molecule is Cc1ccc2cc(C(N)CC(C)(C)C)ccc2n1. The number of pyridine rings is 1. The molecule has 2 aromatic rings. The lowest BCUT2D eigenvalue weighted by Gasteiger charge is -2.23. The van der Waals surface area contributed by atoms with E-state index in [9.17, 15) is 0 Å². The molecule has 2 nitrogen and oxygen atoms in total. The molecular formula is C16H22N2. The highest BCUT2D eigenvalue weighted by Crippen LogP contribution is 2.29. The van der Waals surface area contributed by atoms with Crippen molar-refractivity contribution in [2.75, 3.05) is 0 Å². The van der Waals surface area contributed by atoms with Gasteiger partial charge in [-0.3, -0.25) is 4.98 Å². The van der Waals surface area contributed by atoms with E-state index in [0.29, 0.717) is 0 Å². The van der Waals surface area contributed by atoms with E-state index in [-0.39, 0.29) is 11.5 Å². The van der Waals surface area contributed by atoms with Crippen LogP contribution < -0.4 is 5.73 Å². The average molecular weight is 242 g/mol. The number of rotatable bonds is 2. The summed E-state index contributed by atoms with van der Waals surface area (Å²) in [4.78, 5) is 4.51. The first-order valence-corrected chi connectivity index (χ1v) is 6.48. The monoisotopic (exact) mass is 242 g/mol. The number of fused-ring (bicyclic) bond motifs is 1. The highest BCUT2D eigenvalue weighted by Gasteiger charge is 2.17. The van der Waals surface area contributed by atoms with Crippen LogP contribution in [0.15, 0.2) is 30.3 Å². The third-order valence-corrected chi connectivity index (χ3v) is 3.11. The Bertz CT molecular complexity index is 553. The van der Waals surface area contributed by atoms with Gasteiger partial charge in [-0.25, -0.2) is 0 Å². The maximum absolute atomic E-state index is 6.28. The van der Waals surface area contributed by atoms with Crippen molar-refractivity contribution in [1.29, 1.82) is 0 Å². The van der Waals surface area contributed by atoms with E-state index < -0.39 is 0 Å². The second-order valence-electron chi connectivity index (χ2n) is 6.28. The summed E-state index contributed by atoms with van der Waals surface area (Å²) in [5, 5.41) is 1.17. The van der Waals surface area contributed by atoms with Gasteiger partial charge in [-0.2, -0.15) is 0 Å². The van der Waals surface area contributed by atoms with Gasteiger partial charge in [0.2, 0.25) is 0 Å². The van der Waals surface area contributed by atoms with Crippen LogP contribution in [0.5, 0.6) is 0 Å². The zero-order valence-electron chi connectivity index (χ0n) is 11.7.